The molecule has 1 aromatic carbocycles. The van der Waals surface area contributed by atoms with Crippen molar-refractivity contribution in [2.24, 2.45) is 5.92 Å². The van der Waals surface area contributed by atoms with Crippen LogP contribution in [0.2, 0.25) is 10.0 Å². The molecule has 7 heteroatoms. The van der Waals surface area contributed by atoms with Crippen LogP contribution in [0.1, 0.15) is 19.4 Å². The van der Waals surface area contributed by atoms with Gasteiger partial charge >= 0.3 is 0 Å². The molecule has 1 fully saturated rings. The summed E-state index contributed by atoms with van der Waals surface area (Å²) in [5, 5.41) is 0.510. The number of hydrogen-bond acceptors (Lipinski definition) is 4. The number of thioether (sulfide) groups is 1. The highest BCUT2D eigenvalue weighted by Gasteiger charge is 2.37. The van der Waals surface area contributed by atoms with Gasteiger partial charge in [-0.15, -0.1) is 6.42 Å². The Kier molecular flexibility index (Phi) is 6.82. The second-order valence-corrected chi connectivity index (χ2v) is 8.45. The van der Waals surface area contributed by atoms with Crippen LogP contribution in [-0.4, -0.2) is 33.5 Å². The average molecular weight is 402 g/mol. The minimum Gasteiger partial charge on any atom is -0.478 e. The molecule has 1 aromatic rings. The van der Waals surface area contributed by atoms with Gasteiger partial charge in [-0.2, -0.15) is 0 Å². The Morgan fingerprint density at radius 2 is 2.04 bits per heavy atom. The number of rotatable bonds is 6. The Morgan fingerprint density at radius 1 is 1.42 bits per heavy atom. The van der Waals surface area contributed by atoms with Crippen molar-refractivity contribution in [3.63, 3.8) is 0 Å². The van der Waals surface area contributed by atoms with E-state index in [0.29, 0.717) is 39.0 Å². The van der Waals surface area contributed by atoms with Crippen molar-refractivity contribution in [1.82, 2.24) is 4.90 Å². The van der Waals surface area contributed by atoms with Crippen molar-refractivity contribution < 1.29 is 9.53 Å². The molecular weight excluding hydrogens is 385 g/mol. The molecule has 1 aliphatic heterocycles. The number of thiocarbonyl (C=S) groups is 1. The SMILES string of the molecule is C#CCOc1c(Cl)cc(C[C@@H]2SC(=S)N(CC(C)C)C2=O)cc1Cl. The topological polar surface area (TPSA) is 29.5 Å². The smallest absolute Gasteiger partial charge is 0.241 e. The monoisotopic (exact) mass is 401 g/mol. The van der Waals surface area contributed by atoms with Gasteiger partial charge in [0.25, 0.3) is 0 Å². The zero-order valence-electron chi connectivity index (χ0n) is 13.3. The first-order valence-electron chi connectivity index (χ1n) is 7.39. The summed E-state index contributed by atoms with van der Waals surface area (Å²) in [6.45, 7) is 4.85. The predicted octanol–water partition coefficient (Wildman–Crippen LogP) is 4.43. The van der Waals surface area contributed by atoms with E-state index >= 15 is 0 Å². The highest BCUT2D eigenvalue weighted by Crippen LogP contribution is 2.36. The predicted molar refractivity (Wildman–Crippen MR) is 105 cm³/mol. The van der Waals surface area contributed by atoms with E-state index in [1.54, 1.807) is 17.0 Å². The van der Waals surface area contributed by atoms with Crippen LogP contribution in [-0.2, 0) is 11.2 Å². The summed E-state index contributed by atoms with van der Waals surface area (Å²) in [7, 11) is 0. The van der Waals surface area contributed by atoms with E-state index < -0.39 is 0 Å². The van der Waals surface area contributed by atoms with Gasteiger partial charge in [0.15, 0.2) is 5.75 Å². The zero-order chi connectivity index (χ0) is 17.9. The quantitative estimate of drug-likeness (QED) is 0.520. The molecule has 1 saturated heterocycles. The number of ether oxygens (including phenoxy) is 1. The molecule has 1 heterocycles. The van der Waals surface area contributed by atoms with Gasteiger partial charge in [-0.25, -0.2) is 0 Å². The number of amides is 1. The molecule has 0 unspecified atom stereocenters. The van der Waals surface area contributed by atoms with E-state index in [2.05, 4.69) is 19.8 Å². The Morgan fingerprint density at radius 3 is 2.58 bits per heavy atom. The third-order valence-corrected chi connectivity index (χ3v) is 5.48. The van der Waals surface area contributed by atoms with E-state index in [-0.39, 0.29) is 17.8 Å². The average Bonchev–Trinajstić information content (AvgIpc) is 2.74. The fraction of sp³-hybridized carbons (Fsp3) is 0.412. The van der Waals surface area contributed by atoms with Crippen molar-refractivity contribution in [3.8, 4) is 18.1 Å². The maximum absolute atomic E-state index is 12.5. The molecule has 0 spiro atoms. The molecule has 128 valence electrons. The van der Waals surface area contributed by atoms with Crippen LogP contribution in [0.3, 0.4) is 0 Å². The molecule has 1 amide bonds. The van der Waals surface area contributed by atoms with E-state index in [9.17, 15) is 4.79 Å². The Labute approximate surface area is 162 Å². The van der Waals surface area contributed by atoms with E-state index in [0.717, 1.165) is 5.56 Å². The summed E-state index contributed by atoms with van der Waals surface area (Å²) in [6, 6.07) is 3.50. The molecule has 1 atom stereocenters. The van der Waals surface area contributed by atoms with Crippen molar-refractivity contribution >= 4 is 57.4 Å². The van der Waals surface area contributed by atoms with Crippen LogP contribution in [0.4, 0.5) is 0 Å². The van der Waals surface area contributed by atoms with Crippen LogP contribution in [0, 0.1) is 18.3 Å². The number of carbonyl (C=O) groups excluding carboxylic acids is 1. The van der Waals surface area contributed by atoms with E-state index in [4.69, 9.17) is 46.6 Å². The fourth-order valence-electron chi connectivity index (χ4n) is 2.35. The van der Waals surface area contributed by atoms with Gasteiger partial charge < -0.3 is 4.74 Å². The molecule has 0 N–H and O–H groups in total. The molecule has 0 bridgehead atoms. The van der Waals surface area contributed by atoms with Gasteiger partial charge in [0.05, 0.1) is 15.3 Å². The summed E-state index contributed by atoms with van der Waals surface area (Å²) in [4.78, 5) is 14.2. The van der Waals surface area contributed by atoms with Crippen molar-refractivity contribution in [3.05, 3.63) is 27.7 Å². The van der Waals surface area contributed by atoms with Gasteiger partial charge in [0, 0.05) is 6.54 Å². The molecule has 3 nitrogen and oxygen atoms in total. The van der Waals surface area contributed by atoms with Crippen molar-refractivity contribution in [2.75, 3.05) is 13.2 Å². The van der Waals surface area contributed by atoms with Crippen molar-refractivity contribution in [2.45, 2.75) is 25.5 Å². The molecule has 2 rings (SSSR count). The lowest BCUT2D eigenvalue weighted by atomic mass is 10.1. The van der Waals surface area contributed by atoms with Crippen LogP contribution in [0.5, 0.6) is 5.75 Å². The highest BCUT2D eigenvalue weighted by molar-refractivity contribution is 8.24. The summed E-state index contributed by atoms with van der Waals surface area (Å²) in [5.41, 5.74) is 0.859. The van der Waals surface area contributed by atoms with Crippen LogP contribution in [0.15, 0.2) is 12.1 Å². The maximum Gasteiger partial charge on any atom is 0.241 e. The van der Waals surface area contributed by atoms with E-state index in [1.807, 2.05) is 0 Å². The summed E-state index contributed by atoms with van der Waals surface area (Å²) >= 11 is 19.2. The van der Waals surface area contributed by atoms with Gasteiger partial charge in [-0.1, -0.05) is 66.9 Å². The lowest BCUT2D eigenvalue weighted by Crippen LogP contribution is -2.34. The number of nitrogens with zero attached hydrogens (tertiary/aromatic N) is 1. The minimum atomic E-state index is -0.249. The largest absolute Gasteiger partial charge is 0.478 e. The molecule has 24 heavy (non-hydrogen) atoms. The van der Waals surface area contributed by atoms with Gasteiger partial charge in [-0.3, -0.25) is 9.69 Å². The number of benzene rings is 1. The molecule has 0 aromatic heterocycles. The third kappa shape index (κ3) is 4.58. The first-order valence-corrected chi connectivity index (χ1v) is 9.44. The lowest BCUT2D eigenvalue weighted by molar-refractivity contribution is -0.126. The Hall–Kier alpha value is -0.930. The zero-order valence-corrected chi connectivity index (χ0v) is 16.5. The standard InChI is InChI=1S/C17H17Cl2NO2S2/c1-4-5-22-15-12(18)6-11(7-13(15)19)8-14-16(21)20(9-10(2)3)17(23)24-14/h1,6-7,10,14H,5,8-9H2,2-3H3/t14-/m0/s1. The van der Waals surface area contributed by atoms with Crippen LogP contribution >= 0.6 is 47.2 Å². The lowest BCUT2D eigenvalue weighted by Gasteiger charge is -2.18. The number of carbonyl (C=O) groups is 1. The second-order valence-electron chi connectivity index (χ2n) is 5.80. The number of halogens is 2. The second kappa shape index (κ2) is 8.44. The van der Waals surface area contributed by atoms with Gasteiger partial charge in [-0.05, 0) is 30.0 Å². The highest BCUT2D eigenvalue weighted by atomic mass is 35.5. The van der Waals surface area contributed by atoms with Gasteiger partial charge in [0.2, 0.25) is 5.91 Å². The molecule has 0 aliphatic carbocycles. The Bertz CT molecular complexity index is 677. The van der Waals surface area contributed by atoms with E-state index in [1.165, 1.54) is 11.8 Å². The fourth-order valence-corrected chi connectivity index (χ4v) is 4.55. The number of terminal acetylenes is 1. The van der Waals surface area contributed by atoms with Crippen LogP contribution in [0.25, 0.3) is 0 Å². The third-order valence-electron chi connectivity index (χ3n) is 3.33. The summed E-state index contributed by atoms with van der Waals surface area (Å²) < 4.78 is 5.97. The minimum absolute atomic E-state index is 0.0404. The molecule has 1 aliphatic rings. The molecule has 0 radical (unpaired) electrons. The molecule has 0 saturated carbocycles. The first kappa shape index (κ1) is 19.4. The van der Waals surface area contributed by atoms with Crippen LogP contribution < -0.4 is 4.74 Å². The maximum atomic E-state index is 12.5. The normalized spacial score (nSPS) is 17.5. The van der Waals surface area contributed by atoms with Gasteiger partial charge in [0.1, 0.15) is 10.9 Å². The summed E-state index contributed by atoms with van der Waals surface area (Å²) in [5.74, 6) is 3.13. The summed E-state index contributed by atoms with van der Waals surface area (Å²) in [6.07, 6.45) is 5.68. The molecular formula is C17H17Cl2NO2S2. The number of hydrogen-bond donors (Lipinski definition) is 0. The first-order chi connectivity index (χ1) is 11.3. The van der Waals surface area contributed by atoms with Crippen molar-refractivity contribution in [1.29, 1.82) is 0 Å². The Balaban J connectivity index is 2.13.